The van der Waals surface area contributed by atoms with Crippen LogP contribution in [-0.4, -0.2) is 35.6 Å². The molecular weight excluding hydrogens is 164 g/mol. The summed E-state index contributed by atoms with van der Waals surface area (Å²) in [6, 6.07) is 0.508. The van der Waals surface area contributed by atoms with E-state index in [2.05, 4.69) is 5.01 Å². The topological polar surface area (TPSA) is 23.6 Å². The fourth-order valence-electron chi connectivity index (χ4n) is 2.48. The van der Waals surface area contributed by atoms with Gasteiger partial charge in [-0.05, 0) is 12.8 Å². The van der Waals surface area contributed by atoms with Crippen LogP contribution in [-0.2, 0) is 4.79 Å². The lowest BCUT2D eigenvalue weighted by molar-refractivity contribution is -0.142. The van der Waals surface area contributed by atoms with E-state index < -0.39 is 0 Å². The molecule has 13 heavy (non-hydrogen) atoms. The van der Waals surface area contributed by atoms with Crippen LogP contribution in [0.1, 0.15) is 38.5 Å². The normalized spacial score (nSPS) is 27.2. The van der Waals surface area contributed by atoms with Crippen molar-refractivity contribution in [3.63, 3.8) is 0 Å². The standard InChI is InChI=1S/C10H18N2O/c1-11-8-7-10(13)12(11)9-5-3-2-4-6-9/h9H,2-8H2,1H3. The van der Waals surface area contributed by atoms with E-state index in [4.69, 9.17) is 0 Å². The zero-order valence-corrected chi connectivity index (χ0v) is 8.33. The van der Waals surface area contributed by atoms with E-state index in [0.29, 0.717) is 18.4 Å². The summed E-state index contributed by atoms with van der Waals surface area (Å²) >= 11 is 0. The van der Waals surface area contributed by atoms with Gasteiger partial charge in [-0.25, -0.2) is 5.01 Å². The quantitative estimate of drug-likeness (QED) is 0.612. The Labute approximate surface area is 79.7 Å². The van der Waals surface area contributed by atoms with Crippen molar-refractivity contribution >= 4 is 5.91 Å². The lowest BCUT2D eigenvalue weighted by atomic mass is 9.95. The number of rotatable bonds is 1. The second kappa shape index (κ2) is 3.66. The molecule has 0 bridgehead atoms. The van der Waals surface area contributed by atoms with Crippen molar-refractivity contribution in [1.82, 2.24) is 10.0 Å². The third-order valence-corrected chi connectivity index (χ3v) is 3.19. The fraction of sp³-hybridized carbons (Fsp3) is 0.900. The van der Waals surface area contributed by atoms with Crippen molar-refractivity contribution in [2.45, 2.75) is 44.6 Å². The Morgan fingerprint density at radius 3 is 2.46 bits per heavy atom. The summed E-state index contributed by atoms with van der Waals surface area (Å²) in [7, 11) is 2.03. The highest BCUT2D eigenvalue weighted by atomic mass is 16.2. The first kappa shape index (κ1) is 9.00. The van der Waals surface area contributed by atoms with E-state index in [9.17, 15) is 4.79 Å². The van der Waals surface area contributed by atoms with Gasteiger partial charge in [0.25, 0.3) is 0 Å². The summed E-state index contributed by atoms with van der Waals surface area (Å²) in [6.07, 6.45) is 7.06. The zero-order chi connectivity index (χ0) is 9.26. The van der Waals surface area contributed by atoms with Crippen LogP contribution in [0.15, 0.2) is 0 Å². The van der Waals surface area contributed by atoms with Gasteiger partial charge in [0.1, 0.15) is 0 Å². The maximum atomic E-state index is 11.6. The lowest BCUT2D eigenvalue weighted by Crippen LogP contribution is -2.45. The monoisotopic (exact) mass is 182 g/mol. The molecule has 74 valence electrons. The van der Waals surface area contributed by atoms with Gasteiger partial charge in [0, 0.05) is 26.1 Å². The Bertz CT molecular complexity index is 199. The molecule has 2 rings (SSSR count). The van der Waals surface area contributed by atoms with Crippen LogP contribution in [0.4, 0.5) is 0 Å². The third-order valence-electron chi connectivity index (χ3n) is 3.19. The summed E-state index contributed by atoms with van der Waals surface area (Å²) in [6.45, 7) is 0.912. The second-order valence-corrected chi connectivity index (χ2v) is 4.16. The molecular formula is C10H18N2O. The van der Waals surface area contributed by atoms with Crippen LogP contribution in [0.3, 0.4) is 0 Å². The van der Waals surface area contributed by atoms with Crippen LogP contribution in [0, 0.1) is 0 Å². The van der Waals surface area contributed by atoms with Gasteiger partial charge in [-0.2, -0.15) is 0 Å². The molecule has 3 nitrogen and oxygen atoms in total. The predicted octanol–water partition coefficient (Wildman–Crippen LogP) is 1.40. The Kier molecular flexibility index (Phi) is 2.54. The molecule has 0 atom stereocenters. The maximum Gasteiger partial charge on any atom is 0.238 e. The molecule has 0 unspecified atom stereocenters. The van der Waals surface area contributed by atoms with Crippen molar-refractivity contribution in [2.75, 3.05) is 13.6 Å². The smallest absolute Gasteiger partial charge is 0.238 e. The fourth-order valence-corrected chi connectivity index (χ4v) is 2.48. The third kappa shape index (κ3) is 1.70. The minimum atomic E-state index is 0.328. The molecule has 2 fully saturated rings. The SMILES string of the molecule is CN1CCC(=O)N1C1CCCCC1. The van der Waals surface area contributed by atoms with Crippen molar-refractivity contribution < 1.29 is 4.79 Å². The van der Waals surface area contributed by atoms with E-state index in [0.717, 1.165) is 6.54 Å². The largest absolute Gasteiger partial charge is 0.273 e. The Morgan fingerprint density at radius 2 is 1.92 bits per heavy atom. The van der Waals surface area contributed by atoms with Crippen molar-refractivity contribution in [1.29, 1.82) is 0 Å². The highest BCUT2D eigenvalue weighted by molar-refractivity contribution is 5.77. The summed E-state index contributed by atoms with van der Waals surface area (Å²) in [5.74, 6) is 0.328. The number of carbonyl (C=O) groups excluding carboxylic acids is 1. The molecule has 1 amide bonds. The summed E-state index contributed by atoms with van der Waals surface area (Å²) < 4.78 is 0. The van der Waals surface area contributed by atoms with Gasteiger partial charge in [-0.3, -0.25) is 9.80 Å². The first-order valence-electron chi connectivity index (χ1n) is 5.32. The highest BCUT2D eigenvalue weighted by Crippen LogP contribution is 2.26. The van der Waals surface area contributed by atoms with E-state index in [1.165, 1.54) is 32.1 Å². The zero-order valence-electron chi connectivity index (χ0n) is 8.33. The summed E-state index contributed by atoms with van der Waals surface area (Å²) in [5.41, 5.74) is 0. The Hall–Kier alpha value is -0.570. The average molecular weight is 182 g/mol. The van der Waals surface area contributed by atoms with E-state index >= 15 is 0 Å². The van der Waals surface area contributed by atoms with E-state index in [1.807, 2.05) is 12.1 Å². The number of hydrazine groups is 1. The maximum absolute atomic E-state index is 11.6. The van der Waals surface area contributed by atoms with Gasteiger partial charge in [-0.15, -0.1) is 0 Å². The average Bonchev–Trinajstić information content (AvgIpc) is 2.48. The van der Waals surface area contributed by atoms with Crippen LogP contribution < -0.4 is 0 Å². The molecule has 2 aliphatic rings. The molecule has 1 saturated heterocycles. The van der Waals surface area contributed by atoms with E-state index in [1.54, 1.807) is 0 Å². The predicted molar refractivity (Wildman–Crippen MR) is 51.0 cm³/mol. The van der Waals surface area contributed by atoms with Gasteiger partial charge in [0.05, 0.1) is 0 Å². The van der Waals surface area contributed by atoms with Crippen molar-refractivity contribution in [2.24, 2.45) is 0 Å². The summed E-state index contributed by atoms with van der Waals surface area (Å²) in [4.78, 5) is 11.6. The summed E-state index contributed by atoms with van der Waals surface area (Å²) in [5, 5.41) is 4.09. The molecule has 1 saturated carbocycles. The molecule has 0 spiro atoms. The molecule has 3 heteroatoms. The van der Waals surface area contributed by atoms with Crippen molar-refractivity contribution in [3.8, 4) is 0 Å². The molecule has 0 aromatic heterocycles. The Balaban J connectivity index is 2.00. The molecule has 0 aromatic carbocycles. The van der Waals surface area contributed by atoms with Crippen LogP contribution in [0.5, 0.6) is 0 Å². The molecule has 1 aliphatic carbocycles. The number of amides is 1. The second-order valence-electron chi connectivity index (χ2n) is 4.16. The van der Waals surface area contributed by atoms with Crippen LogP contribution in [0.25, 0.3) is 0 Å². The van der Waals surface area contributed by atoms with Crippen molar-refractivity contribution in [3.05, 3.63) is 0 Å². The molecule has 0 radical (unpaired) electrons. The molecule has 1 aliphatic heterocycles. The molecule has 0 N–H and O–H groups in total. The van der Waals surface area contributed by atoms with Gasteiger partial charge in [0.2, 0.25) is 5.91 Å². The van der Waals surface area contributed by atoms with Gasteiger partial charge in [-0.1, -0.05) is 19.3 Å². The van der Waals surface area contributed by atoms with Crippen LogP contribution >= 0.6 is 0 Å². The minimum Gasteiger partial charge on any atom is -0.273 e. The first-order chi connectivity index (χ1) is 6.29. The van der Waals surface area contributed by atoms with Gasteiger partial charge >= 0.3 is 0 Å². The molecule has 0 aromatic rings. The van der Waals surface area contributed by atoms with Gasteiger partial charge < -0.3 is 0 Å². The van der Waals surface area contributed by atoms with Gasteiger partial charge in [0.15, 0.2) is 0 Å². The minimum absolute atomic E-state index is 0.328. The molecule has 1 heterocycles. The number of nitrogens with zero attached hydrogens (tertiary/aromatic N) is 2. The highest BCUT2D eigenvalue weighted by Gasteiger charge is 2.32. The number of carbonyl (C=O) groups is 1. The first-order valence-corrected chi connectivity index (χ1v) is 5.32. The number of hydrogen-bond donors (Lipinski definition) is 0. The Morgan fingerprint density at radius 1 is 1.23 bits per heavy atom. The lowest BCUT2D eigenvalue weighted by Gasteiger charge is -2.35. The number of hydrogen-bond acceptors (Lipinski definition) is 2. The van der Waals surface area contributed by atoms with Crippen LogP contribution in [0.2, 0.25) is 0 Å². The van der Waals surface area contributed by atoms with E-state index in [-0.39, 0.29) is 0 Å².